The maximum atomic E-state index is 14.1. The molecule has 2 atom stereocenters. The maximum absolute atomic E-state index is 14.1. The summed E-state index contributed by atoms with van der Waals surface area (Å²) >= 11 is 0. The zero-order valence-corrected chi connectivity index (χ0v) is 23.5. The number of rotatable bonds is 14. The standard InChI is InChI=1S/C32H48F2O4/c1-3-5-7-9-29(33)31(35)37-27-19-15-25(16-20-27)23-11-13-24(14-12-23)26-17-21-28(22-18-26)38-32(36)30(34)10-8-6-4-2/h11-14,25-30H,3-10,15-22H2,1-2H3/t25-,26-,27-,28-,29-,30-/m1/s1. The van der Waals surface area contributed by atoms with Crippen LogP contribution in [0, 0.1) is 0 Å². The van der Waals surface area contributed by atoms with Crippen molar-refractivity contribution in [2.24, 2.45) is 0 Å². The number of carbonyl (C=O) groups is 2. The molecule has 0 saturated heterocycles. The highest BCUT2D eigenvalue weighted by Crippen LogP contribution is 2.37. The normalized spacial score (nSPS) is 25.4. The summed E-state index contributed by atoms with van der Waals surface area (Å²) in [6.07, 6.45) is 9.40. The highest BCUT2D eigenvalue weighted by molar-refractivity contribution is 5.75. The fraction of sp³-hybridized carbons (Fsp3) is 0.750. The largest absolute Gasteiger partial charge is 0.460 e. The number of carbonyl (C=O) groups excluding carboxylic acids is 2. The van der Waals surface area contributed by atoms with Crippen molar-refractivity contribution in [2.75, 3.05) is 0 Å². The summed E-state index contributed by atoms with van der Waals surface area (Å²) in [5.41, 5.74) is 2.61. The molecule has 1 aromatic carbocycles. The van der Waals surface area contributed by atoms with Crippen LogP contribution in [-0.4, -0.2) is 36.5 Å². The molecule has 4 nitrogen and oxygen atoms in total. The third-order valence-corrected chi connectivity index (χ3v) is 8.43. The predicted octanol–water partition coefficient (Wildman–Crippen LogP) is 8.66. The lowest BCUT2D eigenvalue weighted by molar-refractivity contribution is -0.157. The van der Waals surface area contributed by atoms with Crippen molar-refractivity contribution in [3.63, 3.8) is 0 Å². The molecule has 3 rings (SSSR count). The first kappa shape index (κ1) is 30.6. The number of alkyl halides is 2. The average molecular weight is 535 g/mol. The van der Waals surface area contributed by atoms with Crippen LogP contribution < -0.4 is 0 Å². The second kappa shape index (κ2) is 16.2. The van der Waals surface area contributed by atoms with Crippen molar-refractivity contribution in [1.29, 1.82) is 0 Å². The Bertz CT molecular complexity index is 757. The molecular formula is C32H48F2O4. The van der Waals surface area contributed by atoms with Crippen LogP contribution in [0.1, 0.15) is 140 Å². The van der Waals surface area contributed by atoms with Crippen LogP contribution >= 0.6 is 0 Å². The monoisotopic (exact) mass is 534 g/mol. The highest BCUT2D eigenvalue weighted by atomic mass is 19.1. The Morgan fingerprint density at radius 3 is 1.32 bits per heavy atom. The molecule has 2 fully saturated rings. The van der Waals surface area contributed by atoms with Crippen molar-refractivity contribution in [3.8, 4) is 0 Å². The van der Waals surface area contributed by atoms with Crippen LogP contribution in [0.2, 0.25) is 0 Å². The van der Waals surface area contributed by atoms with Crippen LogP contribution in [0.5, 0.6) is 0 Å². The zero-order valence-electron chi connectivity index (χ0n) is 23.5. The van der Waals surface area contributed by atoms with Crippen molar-refractivity contribution in [1.82, 2.24) is 0 Å². The van der Waals surface area contributed by atoms with E-state index in [1.54, 1.807) is 0 Å². The first-order valence-corrected chi connectivity index (χ1v) is 15.2. The minimum absolute atomic E-state index is 0.171. The summed E-state index contributed by atoms with van der Waals surface area (Å²) < 4.78 is 39.1. The van der Waals surface area contributed by atoms with E-state index in [0.717, 1.165) is 89.9 Å². The number of hydrogen-bond donors (Lipinski definition) is 0. The third-order valence-electron chi connectivity index (χ3n) is 8.43. The molecule has 0 spiro atoms. The third kappa shape index (κ3) is 9.64. The quantitative estimate of drug-likeness (QED) is 0.177. The summed E-state index contributed by atoms with van der Waals surface area (Å²) in [7, 11) is 0. The molecule has 6 heteroatoms. The summed E-state index contributed by atoms with van der Waals surface area (Å²) in [6.45, 7) is 4.12. The molecule has 214 valence electrons. The van der Waals surface area contributed by atoms with Gasteiger partial charge in [0.2, 0.25) is 0 Å². The van der Waals surface area contributed by atoms with Gasteiger partial charge in [-0.2, -0.15) is 0 Å². The van der Waals surface area contributed by atoms with E-state index >= 15 is 0 Å². The number of benzene rings is 1. The van der Waals surface area contributed by atoms with Crippen molar-refractivity contribution >= 4 is 11.9 Å². The average Bonchev–Trinajstić information content (AvgIpc) is 2.94. The van der Waals surface area contributed by atoms with Gasteiger partial charge in [0.15, 0.2) is 12.3 Å². The Morgan fingerprint density at radius 2 is 1.00 bits per heavy atom. The van der Waals surface area contributed by atoms with Gasteiger partial charge in [0.1, 0.15) is 12.2 Å². The smallest absolute Gasteiger partial charge is 0.340 e. The molecule has 0 aromatic heterocycles. The lowest BCUT2D eigenvalue weighted by Gasteiger charge is -2.30. The first-order valence-electron chi connectivity index (χ1n) is 15.2. The van der Waals surface area contributed by atoms with Crippen LogP contribution in [0.15, 0.2) is 24.3 Å². The second-order valence-corrected chi connectivity index (χ2v) is 11.4. The number of halogens is 2. The molecule has 0 N–H and O–H groups in total. The zero-order chi connectivity index (χ0) is 27.3. The van der Waals surface area contributed by atoms with Crippen molar-refractivity contribution in [2.45, 2.75) is 153 Å². The lowest BCUT2D eigenvalue weighted by atomic mass is 9.80. The summed E-state index contributed by atoms with van der Waals surface area (Å²) in [5, 5.41) is 0. The molecule has 0 amide bonds. The van der Waals surface area contributed by atoms with Gasteiger partial charge in [-0.05, 0) is 100 Å². The Morgan fingerprint density at radius 1 is 0.658 bits per heavy atom. The van der Waals surface area contributed by atoms with Gasteiger partial charge < -0.3 is 9.47 Å². The van der Waals surface area contributed by atoms with E-state index in [1.165, 1.54) is 11.1 Å². The Kier molecular flexibility index (Phi) is 13.0. The summed E-state index contributed by atoms with van der Waals surface area (Å²) in [4.78, 5) is 24.1. The molecular weight excluding hydrogens is 486 g/mol. The first-order chi connectivity index (χ1) is 18.4. The van der Waals surface area contributed by atoms with Gasteiger partial charge in [-0.3, -0.25) is 0 Å². The Balaban J connectivity index is 1.37. The SMILES string of the molecule is CCCCC[C@@H](F)C(=O)O[C@H]1CC[C@H](c2ccc([C@H]3CC[C@H](OC(=O)[C@H](F)CCCCC)CC3)cc2)CC1. The van der Waals surface area contributed by atoms with Gasteiger partial charge >= 0.3 is 11.9 Å². The van der Waals surface area contributed by atoms with E-state index < -0.39 is 24.3 Å². The van der Waals surface area contributed by atoms with E-state index in [1.807, 2.05) is 0 Å². The number of esters is 2. The second-order valence-electron chi connectivity index (χ2n) is 11.4. The Hall–Kier alpha value is -1.98. The Labute approximate surface area is 228 Å². The van der Waals surface area contributed by atoms with Crippen LogP contribution in [0.4, 0.5) is 8.78 Å². The number of unbranched alkanes of at least 4 members (excludes halogenated alkanes) is 4. The molecule has 0 aliphatic heterocycles. The molecule has 0 heterocycles. The number of hydrogen-bond acceptors (Lipinski definition) is 4. The molecule has 1 aromatic rings. The van der Waals surface area contributed by atoms with Crippen LogP contribution in [0.25, 0.3) is 0 Å². The molecule has 0 radical (unpaired) electrons. The van der Waals surface area contributed by atoms with Crippen molar-refractivity contribution in [3.05, 3.63) is 35.4 Å². The van der Waals surface area contributed by atoms with E-state index in [-0.39, 0.29) is 25.0 Å². The lowest BCUT2D eigenvalue weighted by Crippen LogP contribution is -2.28. The summed E-state index contributed by atoms with van der Waals surface area (Å²) in [5.74, 6) is -0.499. The van der Waals surface area contributed by atoms with E-state index in [9.17, 15) is 18.4 Å². The molecule has 38 heavy (non-hydrogen) atoms. The van der Waals surface area contributed by atoms with Crippen molar-refractivity contribution < 1.29 is 27.8 Å². The van der Waals surface area contributed by atoms with E-state index in [0.29, 0.717) is 11.8 Å². The fourth-order valence-electron chi connectivity index (χ4n) is 5.93. The molecule has 0 bridgehead atoms. The van der Waals surface area contributed by atoms with Gasteiger partial charge in [-0.1, -0.05) is 63.8 Å². The van der Waals surface area contributed by atoms with Crippen LogP contribution in [-0.2, 0) is 19.1 Å². The molecule has 2 aliphatic rings. The van der Waals surface area contributed by atoms with Crippen LogP contribution in [0.3, 0.4) is 0 Å². The number of ether oxygens (including phenoxy) is 2. The van der Waals surface area contributed by atoms with Gasteiger partial charge in [0.25, 0.3) is 0 Å². The minimum Gasteiger partial charge on any atom is -0.460 e. The molecule has 2 saturated carbocycles. The fourth-order valence-corrected chi connectivity index (χ4v) is 5.93. The molecule has 2 aliphatic carbocycles. The highest BCUT2D eigenvalue weighted by Gasteiger charge is 2.30. The van der Waals surface area contributed by atoms with E-state index in [2.05, 4.69) is 38.1 Å². The van der Waals surface area contributed by atoms with Gasteiger partial charge in [0, 0.05) is 0 Å². The maximum Gasteiger partial charge on any atom is 0.340 e. The van der Waals surface area contributed by atoms with E-state index in [4.69, 9.17) is 9.47 Å². The van der Waals surface area contributed by atoms with Gasteiger partial charge in [-0.25, -0.2) is 18.4 Å². The topological polar surface area (TPSA) is 52.6 Å². The predicted molar refractivity (Wildman–Crippen MR) is 147 cm³/mol. The minimum atomic E-state index is -1.50. The molecule has 0 unspecified atom stereocenters. The van der Waals surface area contributed by atoms with Gasteiger partial charge in [-0.15, -0.1) is 0 Å². The van der Waals surface area contributed by atoms with Gasteiger partial charge in [0.05, 0.1) is 0 Å². The summed E-state index contributed by atoms with van der Waals surface area (Å²) in [6, 6.07) is 8.86.